The molecule has 0 saturated carbocycles. The number of sulfonamides is 1. The van der Waals surface area contributed by atoms with E-state index in [0.29, 0.717) is 11.3 Å². The zero-order chi connectivity index (χ0) is 23.6. The second-order valence-corrected chi connectivity index (χ2v) is 10.1. The largest absolute Gasteiger partial charge is 0.468 e. The third-order valence-electron chi connectivity index (χ3n) is 5.88. The number of carbonyl (C=O) groups is 3. The lowest BCUT2D eigenvalue weighted by Crippen LogP contribution is -2.46. The predicted octanol–water partition coefficient (Wildman–Crippen LogP) is 3.26. The molecule has 1 aliphatic rings. The van der Waals surface area contributed by atoms with E-state index < -0.39 is 33.7 Å². The maximum atomic E-state index is 13.6. The molecule has 1 aliphatic heterocycles. The summed E-state index contributed by atoms with van der Waals surface area (Å²) in [6.07, 6.45) is 0.0275. The van der Waals surface area contributed by atoms with Crippen molar-refractivity contribution in [2.45, 2.75) is 38.0 Å². The summed E-state index contributed by atoms with van der Waals surface area (Å²) in [4.78, 5) is 37.3. The summed E-state index contributed by atoms with van der Waals surface area (Å²) in [7, 11) is -2.73. The predicted molar refractivity (Wildman–Crippen MR) is 120 cm³/mol. The minimum Gasteiger partial charge on any atom is -0.468 e. The molecular formula is C24H27NO6S. The monoisotopic (exact) mass is 457 g/mol. The first kappa shape index (κ1) is 23.7. The summed E-state index contributed by atoms with van der Waals surface area (Å²) in [5.41, 5.74) is 1.86. The number of hydrogen-bond acceptors (Lipinski definition) is 6. The number of aryl methyl sites for hydroxylation is 1. The van der Waals surface area contributed by atoms with Crippen molar-refractivity contribution >= 4 is 33.2 Å². The lowest BCUT2D eigenvalue weighted by Gasteiger charge is -2.42. The van der Waals surface area contributed by atoms with Gasteiger partial charge in [-0.1, -0.05) is 35.9 Å². The van der Waals surface area contributed by atoms with E-state index in [1.54, 1.807) is 48.5 Å². The Balaban J connectivity index is 2.20. The molecule has 0 bridgehead atoms. The summed E-state index contributed by atoms with van der Waals surface area (Å²) in [5, 5.41) is 0. The SMILES string of the molecule is COC(=O)C(C(C)=O)C1c2ccccc2N(S(=O)(=O)c2ccc(C)cc2)CC1CC(C)=O. The molecular weight excluding hydrogens is 430 g/mol. The van der Waals surface area contributed by atoms with Gasteiger partial charge in [-0.25, -0.2) is 8.42 Å². The van der Waals surface area contributed by atoms with Gasteiger partial charge in [-0.3, -0.25) is 13.9 Å². The quantitative estimate of drug-likeness (QED) is 0.468. The Morgan fingerprint density at radius 2 is 1.69 bits per heavy atom. The fraction of sp³-hybridized carbons (Fsp3) is 0.375. The number of anilines is 1. The zero-order valence-corrected chi connectivity index (χ0v) is 19.4. The molecule has 0 radical (unpaired) electrons. The van der Waals surface area contributed by atoms with Crippen molar-refractivity contribution in [1.82, 2.24) is 0 Å². The minimum atomic E-state index is -3.94. The number of hydrogen-bond donors (Lipinski definition) is 0. The number of para-hydroxylation sites is 1. The fourth-order valence-corrected chi connectivity index (χ4v) is 5.99. The summed E-state index contributed by atoms with van der Waals surface area (Å²) in [6.45, 7) is 4.56. The number of benzene rings is 2. The summed E-state index contributed by atoms with van der Waals surface area (Å²) < 4.78 is 33.3. The van der Waals surface area contributed by atoms with Gasteiger partial charge in [0.25, 0.3) is 10.0 Å². The molecule has 1 heterocycles. The molecule has 0 aromatic heterocycles. The number of carbonyl (C=O) groups excluding carboxylic acids is 3. The maximum absolute atomic E-state index is 13.6. The molecule has 2 aromatic carbocycles. The van der Waals surface area contributed by atoms with Crippen LogP contribution in [-0.4, -0.2) is 39.6 Å². The Morgan fingerprint density at radius 1 is 1.06 bits per heavy atom. The normalized spacial score (nSPS) is 19.1. The minimum absolute atomic E-state index is 0.0275. The van der Waals surface area contributed by atoms with Crippen molar-refractivity contribution in [3.05, 3.63) is 59.7 Å². The first-order chi connectivity index (χ1) is 15.1. The first-order valence-corrected chi connectivity index (χ1v) is 11.8. The number of rotatable bonds is 7. The van der Waals surface area contributed by atoms with E-state index in [1.165, 1.54) is 25.3 Å². The van der Waals surface area contributed by atoms with Crippen LogP contribution in [-0.2, 0) is 29.1 Å². The number of ketones is 2. The zero-order valence-electron chi connectivity index (χ0n) is 18.6. The van der Waals surface area contributed by atoms with Gasteiger partial charge < -0.3 is 9.53 Å². The molecule has 0 spiro atoms. The number of fused-ring (bicyclic) bond motifs is 1. The molecule has 0 N–H and O–H groups in total. The van der Waals surface area contributed by atoms with E-state index in [1.807, 2.05) is 6.92 Å². The standard InChI is InChI=1S/C24H27NO6S/c1-15-9-11-19(12-10-15)32(29,30)25-14-18(13-16(2)26)23(20-7-5-6-8-21(20)25)22(17(3)27)24(28)31-4/h5-12,18,22-23H,13-14H2,1-4H3. The summed E-state index contributed by atoms with van der Waals surface area (Å²) in [5.74, 6) is -3.62. The number of Topliss-reactive ketones (excluding diaryl/α,β-unsaturated/α-hetero) is 2. The third kappa shape index (κ3) is 4.46. The van der Waals surface area contributed by atoms with Gasteiger partial charge in [0.1, 0.15) is 17.5 Å². The number of nitrogens with zero attached hydrogens (tertiary/aromatic N) is 1. The molecule has 0 fully saturated rings. The van der Waals surface area contributed by atoms with Crippen LogP contribution in [0.25, 0.3) is 0 Å². The van der Waals surface area contributed by atoms with Crippen LogP contribution >= 0.6 is 0 Å². The fourth-order valence-electron chi connectivity index (χ4n) is 4.45. The average Bonchev–Trinajstić information content (AvgIpc) is 2.74. The molecule has 0 saturated heterocycles. The molecule has 7 nitrogen and oxygen atoms in total. The lowest BCUT2D eigenvalue weighted by atomic mass is 9.71. The summed E-state index contributed by atoms with van der Waals surface area (Å²) >= 11 is 0. The van der Waals surface area contributed by atoms with Crippen LogP contribution in [0, 0.1) is 18.8 Å². The number of methoxy groups -OCH3 is 1. The van der Waals surface area contributed by atoms with E-state index in [4.69, 9.17) is 4.74 Å². The molecule has 170 valence electrons. The van der Waals surface area contributed by atoms with E-state index in [2.05, 4.69) is 0 Å². The van der Waals surface area contributed by atoms with Crippen LogP contribution in [0.1, 0.15) is 37.3 Å². The maximum Gasteiger partial charge on any atom is 0.316 e. The molecule has 3 unspecified atom stereocenters. The average molecular weight is 458 g/mol. The number of esters is 1. The second kappa shape index (κ2) is 9.24. The first-order valence-electron chi connectivity index (χ1n) is 10.3. The van der Waals surface area contributed by atoms with Gasteiger partial charge in [-0.2, -0.15) is 0 Å². The van der Waals surface area contributed by atoms with Crippen molar-refractivity contribution < 1.29 is 27.5 Å². The van der Waals surface area contributed by atoms with Crippen LogP contribution in [0.5, 0.6) is 0 Å². The van der Waals surface area contributed by atoms with Crippen molar-refractivity contribution in [2.24, 2.45) is 11.8 Å². The third-order valence-corrected chi connectivity index (χ3v) is 7.68. The van der Waals surface area contributed by atoms with Gasteiger partial charge in [0.2, 0.25) is 0 Å². The lowest BCUT2D eigenvalue weighted by molar-refractivity contribution is -0.150. The van der Waals surface area contributed by atoms with Gasteiger partial charge in [-0.15, -0.1) is 0 Å². The van der Waals surface area contributed by atoms with Crippen molar-refractivity contribution in [1.29, 1.82) is 0 Å². The molecule has 3 rings (SSSR count). The van der Waals surface area contributed by atoms with Crippen molar-refractivity contribution in [2.75, 3.05) is 18.0 Å². The highest BCUT2D eigenvalue weighted by molar-refractivity contribution is 7.92. The van der Waals surface area contributed by atoms with Crippen LogP contribution < -0.4 is 4.31 Å². The summed E-state index contributed by atoms with van der Waals surface area (Å²) in [6, 6.07) is 13.4. The molecule has 0 aliphatic carbocycles. The van der Waals surface area contributed by atoms with Gasteiger partial charge in [0.05, 0.1) is 17.7 Å². The van der Waals surface area contributed by atoms with Gasteiger partial charge in [0, 0.05) is 18.9 Å². The van der Waals surface area contributed by atoms with Gasteiger partial charge in [0.15, 0.2) is 0 Å². The van der Waals surface area contributed by atoms with Crippen molar-refractivity contribution in [3.8, 4) is 0 Å². The number of ether oxygens (including phenoxy) is 1. The highest BCUT2D eigenvalue weighted by atomic mass is 32.2. The second-order valence-electron chi connectivity index (χ2n) is 8.21. The van der Waals surface area contributed by atoms with Crippen LogP contribution in [0.4, 0.5) is 5.69 Å². The Labute approximate surface area is 188 Å². The van der Waals surface area contributed by atoms with Gasteiger partial charge in [-0.05, 0) is 50.5 Å². The molecule has 8 heteroatoms. The van der Waals surface area contributed by atoms with E-state index in [-0.39, 0.29) is 29.4 Å². The van der Waals surface area contributed by atoms with E-state index >= 15 is 0 Å². The Hall–Kier alpha value is -3.00. The molecule has 2 aromatic rings. The van der Waals surface area contributed by atoms with Gasteiger partial charge >= 0.3 is 5.97 Å². The van der Waals surface area contributed by atoms with Crippen LogP contribution in [0.3, 0.4) is 0 Å². The Bertz CT molecular complexity index is 1140. The highest BCUT2D eigenvalue weighted by Gasteiger charge is 2.46. The topological polar surface area (TPSA) is 97.8 Å². The Morgan fingerprint density at radius 3 is 2.25 bits per heavy atom. The molecule has 3 atom stereocenters. The molecule has 32 heavy (non-hydrogen) atoms. The van der Waals surface area contributed by atoms with Crippen molar-refractivity contribution in [3.63, 3.8) is 0 Å². The van der Waals surface area contributed by atoms with Crippen LogP contribution in [0.15, 0.2) is 53.4 Å². The van der Waals surface area contributed by atoms with Crippen LogP contribution in [0.2, 0.25) is 0 Å². The molecule has 0 amide bonds. The highest BCUT2D eigenvalue weighted by Crippen LogP contribution is 2.46. The Kier molecular flexibility index (Phi) is 6.83. The van der Waals surface area contributed by atoms with E-state index in [0.717, 1.165) is 5.56 Å². The van der Waals surface area contributed by atoms with E-state index in [9.17, 15) is 22.8 Å². The smallest absolute Gasteiger partial charge is 0.316 e.